The van der Waals surface area contributed by atoms with Crippen molar-refractivity contribution in [3.05, 3.63) is 70.6 Å². The van der Waals surface area contributed by atoms with Crippen molar-refractivity contribution in [3.63, 3.8) is 0 Å². The molecule has 0 saturated carbocycles. The second-order valence-corrected chi connectivity index (χ2v) is 8.83. The minimum atomic E-state index is 0.0759. The Morgan fingerprint density at radius 2 is 1.91 bits per heavy atom. The number of nitrogens with zero attached hydrogens (tertiary/aromatic N) is 3. The van der Waals surface area contributed by atoms with E-state index in [0.717, 1.165) is 54.9 Å². The summed E-state index contributed by atoms with van der Waals surface area (Å²) in [5.41, 5.74) is 3.36. The van der Waals surface area contributed by atoms with E-state index in [2.05, 4.69) is 20.4 Å². The van der Waals surface area contributed by atoms with Crippen LogP contribution in [0.15, 0.2) is 53.1 Å². The summed E-state index contributed by atoms with van der Waals surface area (Å²) in [5, 5.41) is 7.99. The molecule has 168 valence electrons. The highest BCUT2D eigenvalue weighted by Crippen LogP contribution is 2.22. The fraction of sp³-hybridized carbons (Fsp3) is 0.400. The zero-order chi connectivity index (χ0) is 22.3. The fourth-order valence-corrected chi connectivity index (χ4v) is 4.22. The van der Waals surface area contributed by atoms with Crippen molar-refractivity contribution in [2.75, 3.05) is 19.6 Å². The van der Waals surface area contributed by atoms with Crippen molar-refractivity contribution in [1.29, 1.82) is 0 Å². The molecule has 7 heteroatoms. The lowest BCUT2D eigenvalue weighted by molar-refractivity contribution is -0.126. The number of carbonyl (C=O) groups is 1. The Kier molecular flexibility index (Phi) is 7.55. The monoisotopic (exact) mass is 452 g/mol. The van der Waals surface area contributed by atoms with Gasteiger partial charge in [-0.05, 0) is 69.0 Å². The maximum Gasteiger partial charge on any atom is 0.241 e. The van der Waals surface area contributed by atoms with Crippen LogP contribution in [0, 0.1) is 12.8 Å². The lowest BCUT2D eigenvalue weighted by Gasteiger charge is -2.30. The number of halogens is 1. The second-order valence-electron chi connectivity index (χ2n) is 8.40. The van der Waals surface area contributed by atoms with Crippen molar-refractivity contribution in [2.45, 2.75) is 39.2 Å². The average Bonchev–Trinajstić information content (AvgIpc) is 3.27. The van der Waals surface area contributed by atoms with Crippen molar-refractivity contribution in [1.82, 2.24) is 20.4 Å². The van der Waals surface area contributed by atoms with Crippen LogP contribution >= 0.6 is 11.6 Å². The number of carbonyl (C=O) groups excluding carboxylic acids is 1. The zero-order valence-electron chi connectivity index (χ0n) is 18.4. The number of hydrogen-bond donors (Lipinski definition) is 1. The van der Waals surface area contributed by atoms with Gasteiger partial charge in [-0.3, -0.25) is 9.69 Å². The summed E-state index contributed by atoms with van der Waals surface area (Å²) in [6.07, 6.45) is 3.56. The van der Waals surface area contributed by atoms with Gasteiger partial charge in [0.05, 0.1) is 6.54 Å². The Bertz CT molecular complexity index is 1030. The van der Waals surface area contributed by atoms with E-state index in [0.29, 0.717) is 24.8 Å². The SMILES string of the molecule is Cc1ccccc1-c1noc(CN2CCC(C(=O)NCCCc3ccc(Cl)cc3)CC2)n1. The van der Waals surface area contributed by atoms with E-state index < -0.39 is 0 Å². The van der Waals surface area contributed by atoms with Gasteiger partial charge < -0.3 is 9.84 Å². The molecule has 0 aliphatic carbocycles. The standard InChI is InChI=1S/C25H29ClN4O2/c1-18-5-2-3-7-22(18)24-28-23(32-29-24)17-30-15-12-20(13-16-30)25(31)27-14-4-6-19-8-10-21(26)11-9-19/h2-3,5,7-11,20H,4,6,12-17H2,1H3,(H,27,31). The molecule has 2 aromatic carbocycles. The largest absolute Gasteiger partial charge is 0.356 e. The van der Waals surface area contributed by atoms with E-state index >= 15 is 0 Å². The first-order chi connectivity index (χ1) is 15.6. The predicted molar refractivity (Wildman–Crippen MR) is 125 cm³/mol. The third kappa shape index (κ3) is 5.96. The highest BCUT2D eigenvalue weighted by Gasteiger charge is 2.25. The lowest BCUT2D eigenvalue weighted by Crippen LogP contribution is -2.40. The maximum atomic E-state index is 12.5. The molecule has 1 N–H and O–H groups in total. The van der Waals surface area contributed by atoms with Gasteiger partial charge in [0, 0.05) is 23.0 Å². The normalized spacial score (nSPS) is 15.1. The maximum absolute atomic E-state index is 12.5. The molecule has 4 rings (SSSR count). The smallest absolute Gasteiger partial charge is 0.241 e. The van der Waals surface area contributed by atoms with Gasteiger partial charge >= 0.3 is 0 Å². The molecule has 6 nitrogen and oxygen atoms in total. The van der Waals surface area contributed by atoms with Gasteiger partial charge in [-0.2, -0.15) is 4.98 Å². The second kappa shape index (κ2) is 10.7. The Morgan fingerprint density at radius 3 is 2.66 bits per heavy atom. The van der Waals surface area contributed by atoms with Crippen LogP contribution in [0.1, 0.15) is 36.3 Å². The van der Waals surface area contributed by atoms with Gasteiger partial charge in [-0.1, -0.05) is 53.2 Å². The van der Waals surface area contributed by atoms with Crippen molar-refractivity contribution >= 4 is 17.5 Å². The van der Waals surface area contributed by atoms with Gasteiger partial charge in [0.15, 0.2) is 0 Å². The first kappa shape index (κ1) is 22.5. The number of likely N-dealkylation sites (tertiary alicyclic amines) is 1. The van der Waals surface area contributed by atoms with Crippen molar-refractivity contribution in [2.24, 2.45) is 5.92 Å². The van der Waals surface area contributed by atoms with E-state index in [4.69, 9.17) is 16.1 Å². The molecular weight excluding hydrogens is 424 g/mol. The van der Waals surface area contributed by atoms with E-state index in [1.165, 1.54) is 5.56 Å². The summed E-state index contributed by atoms with van der Waals surface area (Å²) in [5.74, 6) is 1.49. The number of amides is 1. The molecule has 1 fully saturated rings. The molecule has 1 saturated heterocycles. The third-order valence-electron chi connectivity index (χ3n) is 6.03. The number of aryl methyl sites for hydroxylation is 2. The first-order valence-corrected chi connectivity index (χ1v) is 11.6. The lowest BCUT2D eigenvalue weighted by atomic mass is 9.96. The Hall–Kier alpha value is -2.70. The molecule has 3 aromatic rings. The van der Waals surface area contributed by atoms with Crippen LogP contribution in [0.25, 0.3) is 11.4 Å². The first-order valence-electron chi connectivity index (χ1n) is 11.2. The number of benzene rings is 2. The van der Waals surface area contributed by atoms with Gasteiger partial charge in [0.1, 0.15) is 0 Å². The Morgan fingerprint density at radius 1 is 1.16 bits per heavy atom. The quantitative estimate of drug-likeness (QED) is 0.503. The summed E-state index contributed by atoms with van der Waals surface area (Å²) in [6.45, 7) is 5.06. The van der Waals surface area contributed by atoms with Gasteiger partial charge in [-0.25, -0.2) is 0 Å². The highest BCUT2D eigenvalue weighted by molar-refractivity contribution is 6.30. The number of nitrogens with one attached hydrogen (secondary N) is 1. The van der Waals surface area contributed by atoms with Crippen LogP contribution in [-0.4, -0.2) is 40.6 Å². The molecule has 1 aliphatic heterocycles. The summed E-state index contributed by atoms with van der Waals surface area (Å²) >= 11 is 5.92. The molecular formula is C25H29ClN4O2. The van der Waals surface area contributed by atoms with Crippen LogP contribution in [0.3, 0.4) is 0 Å². The molecule has 32 heavy (non-hydrogen) atoms. The topological polar surface area (TPSA) is 71.3 Å². The number of aromatic nitrogens is 2. The average molecular weight is 453 g/mol. The van der Waals surface area contributed by atoms with Gasteiger partial charge in [0.25, 0.3) is 0 Å². The summed E-state index contributed by atoms with van der Waals surface area (Å²) in [6, 6.07) is 15.9. The summed E-state index contributed by atoms with van der Waals surface area (Å²) in [4.78, 5) is 19.4. The molecule has 0 bridgehead atoms. The van der Waals surface area contributed by atoms with Crippen LogP contribution < -0.4 is 5.32 Å². The molecule has 1 amide bonds. The Balaban J connectivity index is 1.18. The summed E-state index contributed by atoms with van der Waals surface area (Å²) < 4.78 is 5.47. The molecule has 0 spiro atoms. The van der Waals surface area contributed by atoms with Crippen LogP contribution in [0.4, 0.5) is 0 Å². The van der Waals surface area contributed by atoms with Crippen molar-refractivity contribution in [3.8, 4) is 11.4 Å². The summed E-state index contributed by atoms with van der Waals surface area (Å²) in [7, 11) is 0. The third-order valence-corrected chi connectivity index (χ3v) is 6.28. The van der Waals surface area contributed by atoms with E-state index in [1.807, 2.05) is 55.5 Å². The minimum Gasteiger partial charge on any atom is -0.356 e. The zero-order valence-corrected chi connectivity index (χ0v) is 19.1. The van der Waals surface area contributed by atoms with Crippen LogP contribution in [-0.2, 0) is 17.8 Å². The number of hydrogen-bond acceptors (Lipinski definition) is 5. The predicted octanol–water partition coefficient (Wildman–Crippen LogP) is 4.66. The Labute approximate surface area is 194 Å². The van der Waals surface area contributed by atoms with Crippen LogP contribution in [0.5, 0.6) is 0 Å². The molecule has 1 aromatic heterocycles. The molecule has 0 atom stereocenters. The van der Waals surface area contributed by atoms with E-state index in [9.17, 15) is 4.79 Å². The minimum absolute atomic E-state index is 0.0759. The number of piperidine rings is 1. The molecule has 0 radical (unpaired) electrons. The highest BCUT2D eigenvalue weighted by atomic mass is 35.5. The van der Waals surface area contributed by atoms with E-state index in [-0.39, 0.29) is 11.8 Å². The number of rotatable bonds is 8. The van der Waals surface area contributed by atoms with Crippen molar-refractivity contribution < 1.29 is 9.32 Å². The van der Waals surface area contributed by atoms with Gasteiger partial charge in [0.2, 0.25) is 17.6 Å². The van der Waals surface area contributed by atoms with Crippen LogP contribution in [0.2, 0.25) is 5.02 Å². The van der Waals surface area contributed by atoms with E-state index in [1.54, 1.807) is 0 Å². The van der Waals surface area contributed by atoms with Gasteiger partial charge in [-0.15, -0.1) is 0 Å². The molecule has 2 heterocycles. The molecule has 0 unspecified atom stereocenters. The molecule has 1 aliphatic rings. The fourth-order valence-electron chi connectivity index (χ4n) is 4.10.